The van der Waals surface area contributed by atoms with Gasteiger partial charge >= 0.3 is 0 Å². The molecule has 4 aromatic heterocycles. The standard InChI is InChI=1S/C20H17N9O/c1-28-19-16(17(26-28)13-7-3-2-4-8-13)18(24-25-19)22-20(30)15-12-29(27-23-15)11-14-9-5-6-10-21-14/h2-10,12H,11H2,1H3,(H2,22,24,25,30). The van der Waals surface area contributed by atoms with Gasteiger partial charge in [0.05, 0.1) is 23.8 Å². The van der Waals surface area contributed by atoms with Gasteiger partial charge in [0, 0.05) is 18.8 Å². The molecule has 0 aliphatic carbocycles. The van der Waals surface area contributed by atoms with Crippen LogP contribution in [-0.2, 0) is 13.6 Å². The fourth-order valence-corrected chi connectivity index (χ4v) is 3.24. The van der Waals surface area contributed by atoms with Crippen LogP contribution in [0.15, 0.2) is 60.9 Å². The molecule has 1 amide bonds. The molecule has 4 heterocycles. The van der Waals surface area contributed by atoms with Crippen LogP contribution >= 0.6 is 0 Å². The number of nitrogens with one attached hydrogen (secondary N) is 2. The quantitative estimate of drug-likeness (QED) is 0.468. The van der Waals surface area contributed by atoms with E-state index in [1.165, 1.54) is 0 Å². The first-order valence-corrected chi connectivity index (χ1v) is 9.27. The second-order valence-corrected chi connectivity index (χ2v) is 6.71. The summed E-state index contributed by atoms with van der Waals surface area (Å²) in [7, 11) is 1.81. The van der Waals surface area contributed by atoms with Crippen molar-refractivity contribution in [2.75, 3.05) is 5.32 Å². The van der Waals surface area contributed by atoms with E-state index in [1.807, 2.05) is 55.6 Å². The number of aryl methyl sites for hydroxylation is 1. The van der Waals surface area contributed by atoms with Crippen LogP contribution in [0.3, 0.4) is 0 Å². The molecule has 0 aliphatic rings. The molecule has 148 valence electrons. The minimum Gasteiger partial charge on any atom is -0.305 e. The number of aromatic amines is 1. The van der Waals surface area contributed by atoms with Crippen molar-refractivity contribution in [2.45, 2.75) is 6.54 Å². The van der Waals surface area contributed by atoms with Gasteiger partial charge in [0.15, 0.2) is 11.3 Å². The van der Waals surface area contributed by atoms with Gasteiger partial charge in [-0.05, 0) is 12.1 Å². The third-order valence-corrected chi connectivity index (χ3v) is 4.65. The van der Waals surface area contributed by atoms with Gasteiger partial charge < -0.3 is 5.32 Å². The average molecular weight is 399 g/mol. The highest BCUT2D eigenvalue weighted by atomic mass is 16.2. The summed E-state index contributed by atoms with van der Waals surface area (Å²) in [4.78, 5) is 17.0. The first-order chi connectivity index (χ1) is 14.7. The summed E-state index contributed by atoms with van der Waals surface area (Å²) in [6.45, 7) is 0.427. The second kappa shape index (κ2) is 7.24. The van der Waals surface area contributed by atoms with Crippen LogP contribution in [0.25, 0.3) is 22.3 Å². The van der Waals surface area contributed by atoms with Crippen molar-refractivity contribution >= 4 is 22.8 Å². The molecule has 0 saturated carbocycles. The van der Waals surface area contributed by atoms with E-state index in [1.54, 1.807) is 21.8 Å². The van der Waals surface area contributed by atoms with Crippen LogP contribution in [-0.4, -0.2) is 45.9 Å². The Morgan fingerprint density at radius 3 is 2.77 bits per heavy atom. The van der Waals surface area contributed by atoms with Crippen LogP contribution < -0.4 is 5.32 Å². The van der Waals surface area contributed by atoms with E-state index in [4.69, 9.17) is 0 Å². The number of rotatable bonds is 5. The minimum atomic E-state index is -0.393. The summed E-state index contributed by atoms with van der Waals surface area (Å²) in [5.41, 5.74) is 3.33. The van der Waals surface area contributed by atoms with Crippen molar-refractivity contribution in [1.29, 1.82) is 0 Å². The van der Waals surface area contributed by atoms with E-state index in [0.717, 1.165) is 22.3 Å². The third kappa shape index (κ3) is 3.20. The minimum absolute atomic E-state index is 0.193. The van der Waals surface area contributed by atoms with Gasteiger partial charge in [0.1, 0.15) is 11.5 Å². The number of hydrogen-bond donors (Lipinski definition) is 2. The Labute approximate surface area is 170 Å². The Kier molecular flexibility index (Phi) is 4.28. The van der Waals surface area contributed by atoms with Crippen molar-refractivity contribution < 1.29 is 4.79 Å². The zero-order chi connectivity index (χ0) is 20.5. The number of benzene rings is 1. The van der Waals surface area contributed by atoms with Crippen molar-refractivity contribution in [2.24, 2.45) is 7.05 Å². The maximum Gasteiger partial charge on any atom is 0.279 e. The van der Waals surface area contributed by atoms with Crippen LogP contribution in [0.2, 0.25) is 0 Å². The van der Waals surface area contributed by atoms with E-state index >= 15 is 0 Å². The van der Waals surface area contributed by atoms with Crippen molar-refractivity contribution in [1.82, 2.24) is 40.0 Å². The first-order valence-electron chi connectivity index (χ1n) is 9.27. The lowest BCUT2D eigenvalue weighted by molar-refractivity contribution is 0.102. The van der Waals surface area contributed by atoms with Crippen LogP contribution in [0.5, 0.6) is 0 Å². The lowest BCUT2D eigenvalue weighted by Crippen LogP contribution is -2.13. The lowest BCUT2D eigenvalue weighted by atomic mass is 10.1. The Morgan fingerprint density at radius 1 is 1.13 bits per heavy atom. The normalized spacial score (nSPS) is 11.1. The molecule has 0 radical (unpaired) electrons. The Hall–Kier alpha value is -4.34. The molecule has 0 saturated heterocycles. The SMILES string of the molecule is Cn1nc(-c2ccccc2)c2c(NC(=O)c3cn(Cc4ccccn4)nn3)[nH]nc21. The van der Waals surface area contributed by atoms with E-state index in [0.29, 0.717) is 18.0 Å². The molecule has 1 aromatic carbocycles. The van der Waals surface area contributed by atoms with Gasteiger partial charge in [-0.1, -0.05) is 41.6 Å². The Morgan fingerprint density at radius 2 is 1.97 bits per heavy atom. The van der Waals surface area contributed by atoms with Gasteiger partial charge in [-0.25, -0.2) is 9.36 Å². The maximum absolute atomic E-state index is 12.8. The summed E-state index contributed by atoms with van der Waals surface area (Å²) in [5, 5.41) is 23.3. The monoisotopic (exact) mass is 399 g/mol. The van der Waals surface area contributed by atoms with Gasteiger partial charge in [0.25, 0.3) is 5.91 Å². The molecule has 0 bridgehead atoms. The zero-order valence-electron chi connectivity index (χ0n) is 16.0. The molecule has 30 heavy (non-hydrogen) atoms. The number of amides is 1. The number of pyridine rings is 1. The predicted octanol–water partition coefficient (Wildman–Crippen LogP) is 2.25. The molecule has 2 N–H and O–H groups in total. The molecular weight excluding hydrogens is 382 g/mol. The second-order valence-electron chi connectivity index (χ2n) is 6.71. The van der Waals surface area contributed by atoms with E-state index in [9.17, 15) is 4.79 Å². The molecule has 10 nitrogen and oxygen atoms in total. The number of H-pyrrole nitrogens is 1. The summed E-state index contributed by atoms with van der Waals surface area (Å²) >= 11 is 0. The van der Waals surface area contributed by atoms with E-state index < -0.39 is 5.91 Å². The largest absolute Gasteiger partial charge is 0.305 e. The van der Waals surface area contributed by atoms with E-state index in [-0.39, 0.29) is 5.69 Å². The third-order valence-electron chi connectivity index (χ3n) is 4.65. The molecular formula is C20H17N9O. The number of aromatic nitrogens is 8. The fourth-order valence-electron chi connectivity index (χ4n) is 3.24. The number of anilines is 1. The van der Waals surface area contributed by atoms with Gasteiger partial charge in [-0.15, -0.1) is 5.10 Å². The van der Waals surface area contributed by atoms with Gasteiger partial charge in [-0.3, -0.25) is 14.9 Å². The molecule has 5 rings (SSSR count). The molecule has 0 fully saturated rings. The number of carbonyl (C=O) groups excluding carboxylic acids is 1. The number of hydrogen-bond acceptors (Lipinski definition) is 6. The number of fused-ring (bicyclic) bond motifs is 1. The highest BCUT2D eigenvalue weighted by molar-refractivity contribution is 6.09. The highest BCUT2D eigenvalue weighted by Crippen LogP contribution is 2.31. The molecule has 5 aromatic rings. The van der Waals surface area contributed by atoms with Crippen molar-refractivity contribution in [3.63, 3.8) is 0 Å². The average Bonchev–Trinajstić information content (AvgIpc) is 3.48. The molecule has 0 unspecified atom stereocenters. The van der Waals surface area contributed by atoms with Crippen LogP contribution in [0.4, 0.5) is 5.82 Å². The van der Waals surface area contributed by atoms with E-state index in [2.05, 4.69) is 35.9 Å². The smallest absolute Gasteiger partial charge is 0.279 e. The Bertz CT molecular complexity index is 1320. The molecule has 0 atom stereocenters. The summed E-state index contributed by atoms with van der Waals surface area (Å²) in [6.07, 6.45) is 3.29. The summed E-state index contributed by atoms with van der Waals surface area (Å²) in [5.74, 6) is 0.0666. The van der Waals surface area contributed by atoms with Crippen LogP contribution in [0, 0.1) is 0 Å². The predicted molar refractivity (Wildman–Crippen MR) is 110 cm³/mol. The van der Waals surface area contributed by atoms with Crippen molar-refractivity contribution in [3.8, 4) is 11.3 Å². The topological polar surface area (TPSA) is 119 Å². The van der Waals surface area contributed by atoms with Crippen LogP contribution in [0.1, 0.15) is 16.2 Å². The van der Waals surface area contributed by atoms with Crippen molar-refractivity contribution in [3.05, 3.63) is 72.3 Å². The van der Waals surface area contributed by atoms with Gasteiger partial charge in [0.2, 0.25) is 0 Å². The zero-order valence-corrected chi connectivity index (χ0v) is 16.0. The number of nitrogens with zero attached hydrogens (tertiary/aromatic N) is 7. The maximum atomic E-state index is 12.8. The molecule has 0 aliphatic heterocycles. The Balaban J connectivity index is 1.42. The molecule has 10 heteroatoms. The summed E-state index contributed by atoms with van der Waals surface area (Å²) in [6, 6.07) is 15.4. The van der Waals surface area contributed by atoms with Gasteiger partial charge in [-0.2, -0.15) is 10.2 Å². The highest BCUT2D eigenvalue weighted by Gasteiger charge is 2.20. The number of carbonyl (C=O) groups is 1. The lowest BCUT2D eigenvalue weighted by Gasteiger charge is -2.02. The molecule has 0 spiro atoms. The fraction of sp³-hybridized carbons (Fsp3) is 0.100. The summed E-state index contributed by atoms with van der Waals surface area (Å²) < 4.78 is 3.24. The first kappa shape index (κ1) is 17.7.